The van der Waals surface area contributed by atoms with Gasteiger partial charge in [-0.1, -0.05) is 18.2 Å². The van der Waals surface area contributed by atoms with Gasteiger partial charge in [0.2, 0.25) is 0 Å². The smallest absolute Gasteiger partial charge is 0.316 e. The molecule has 0 aliphatic heterocycles. The van der Waals surface area contributed by atoms with Gasteiger partial charge in [0.1, 0.15) is 11.5 Å². The zero-order valence-corrected chi connectivity index (χ0v) is 9.21. The first-order valence-electron chi connectivity index (χ1n) is 5.26. The van der Waals surface area contributed by atoms with Crippen LogP contribution in [0.3, 0.4) is 0 Å². The molecule has 0 spiro atoms. The first-order valence-corrected chi connectivity index (χ1v) is 5.26. The largest absolute Gasteiger partial charge is 0.508 e. The Labute approximate surface area is 99.3 Å². The number of carbonyl (C=O) groups excluding carboxylic acids is 1. The van der Waals surface area contributed by atoms with Gasteiger partial charge < -0.3 is 10.2 Å². The van der Waals surface area contributed by atoms with Crippen molar-refractivity contribution in [2.75, 3.05) is 0 Å². The molecule has 0 radical (unpaired) electrons. The molecule has 0 heterocycles. The zero-order chi connectivity index (χ0) is 12.1. The SMILES string of the molecule is Oc1ccc(C[O+]=Cc2ccccc2)c(O)c1. The highest BCUT2D eigenvalue weighted by molar-refractivity contribution is 5.74. The van der Waals surface area contributed by atoms with E-state index in [1.807, 2.05) is 30.3 Å². The number of rotatable bonds is 3. The second kappa shape index (κ2) is 5.16. The van der Waals surface area contributed by atoms with E-state index in [9.17, 15) is 5.11 Å². The number of phenols is 2. The summed E-state index contributed by atoms with van der Waals surface area (Å²) in [7, 11) is 0. The lowest BCUT2D eigenvalue weighted by Gasteiger charge is -1.96. The van der Waals surface area contributed by atoms with Crippen molar-refractivity contribution in [1.29, 1.82) is 0 Å². The van der Waals surface area contributed by atoms with Crippen molar-refractivity contribution in [3.05, 3.63) is 59.7 Å². The summed E-state index contributed by atoms with van der Waals surface area (Å²) < 4.78 is 5.36. The van der Waals surface area contributed by atoms with E-state index < -0.39 is 0 Å². The summed E-state index contributed by atoms with van der Waals surface area (Å²) in [5.74, 6) is 0.0738. The topological polar surface area (TPSA) is 51.8 Å². The maximum absolute atomic E-state index is 9.53. The number of aromatic hydroxyl groups is 2. The minimum absolute atomic E-state index is 0.0338. The van der Waals surface area contributed by atoms with Gasteiger partial charge in [-0.2, -0.15) is 0 Å². The van der Waals surface area contributed by atoms with Crippen LogP contribution >= 0.6 is 0 Å². The third kappa shape index (κ3) is 3.08. The molecule has 0 atom stereocenters. The summed E-state index contributed by atoms with van der Waals surface area (Å²) in [6.07, 6.45) is 1.63. The second-order valence-corrected chi connectivity index (χ2v) is 3.65. The fourth-order valence-corrected chi connectivity index (χ4v) is 1.43. The molecular formula is C14H13O3+. The molecule has 0 aliphatic rings. The minimum atomic E-state index is 0.0338. The van der Waals surface area contributed by atoms with Crippen LogP contribution in [-0.4, -0.2) is 16.5 Å². The van der Waals surface area contributed by atoms with Crippen LogP contribution in [0.5, 0.6) is 11.5 Å². The maximum atomic E-state index is 9.53. The average molecular weight is 229 g/mol. The summed E-state index contributed by atoms with van der Waals surface area (Å²) in [5.41, 5.74) is 1.60. The summed E-state index contributed by atoms with van der Waals surface area (Å²) in [4.78, 5) is 0. The molecule has 0 unspecified atom stereocenters. The molecule has 2 N–H and O–H groups in total. The summed E-state index contributed by atoms with van der Waals surface area (Å²) in [6, 6.07) is 14.1. The van der Waals surface area contributed by atoms with Crippen molar-refractivity contribution in [3.8, 4) is 11.5 Å². The average Bonchev–Trinajstić information content (AvgIpc) is 2.33. The molecule has 2 aromatic carbocycles. The van der Waals surface area contributed by atoms with Crippen LogP contribution < -0.4 is 0 Å². The quantitative estimate of drug-likeness (QED) is 0.628. The summed E-state index contributed by atoms with van der Waals surface area (Å²) in [6.45, 7) is 0.265. The van der Waals surface area contributed by atoms with Gasteiger partial charge in [-0.25, -0.2) is 0 Å². The summed E-state index contributed by atoms with van der Waals surface area (Å²) >= 11 is 0. The molecular weight excluding hydrogens is 216 g/mol. The van der Waals surface area contributed by atoms with E-state index in [4.69, 9.17) is 9.53 Å². The first kappa shape index (κ1) is 11.2. The lowest BCUT2D eigenvalue weighted by atomic mass is 10.2. The predicted octanol–water partition coefficient (Wildman–Crippen LogP) is 2.65. The van der Waals surface area contributed by atoms with Crippen molar-refractivity contribution >= 4 is 6.29 Å². The van der Waals surface area contributed by atoms with Crippen molar-refractivity contribution in [2.45, 2.75) is 6.61 Å². The van der Waals surface area contributed by atoms with E-state index in [-0.39, 0.29) is 18.1 Å². The summed E-state index contributed by atoms with van der Waals surface area (Å²) in [5, 5.41) is 18.7. The third-order valence-electron chi connectivity index (χ3n) is 2.33. The molecule has 2 aromatic rings. The van der Waals surface area contributed by atoms with Crippen LogP contribution in [0.1, 0.15) is 15.6 Å². The van der Waals surface area contributed by atoms with Crippen LogP contribution in [0.4, 0.5) is 0 Å². The lowest BCUT2D eigenvalue weighted by Crippen LogP contribution is -1.86. The van der Waals surface area contributed by atoms with Crippen LogP contribution in [0.2, 0.25) is 0 Å². The standard InChI is InChI=1S/C14H12O3/c15-13-7-6-12(14(16)8-13)10-17-9-11-4-2-1-3-5-11/h1-9H,10H2,(H-,15,16)/p+1. The monoisotopic (exact) mass is 229 g/mol. The number of hydrogen-bond acceptors (Lipinski definition) is 2. The first-order chi connectivity index (χ1) is 8.25. The van der Waals surface area contributed by atoms with E-state index in [2.05, 4.69) is 0 Å². The lowest BCUT2D eigenvalue weighted by molar-refractivity contribution is -0.282. The molecule has 17 heavy (non-hydrogen) atoms. The normalized spacial score (nSPS) is 10.8. The Bertz CT molecular complexity index is 518. The molecule has 0 fully saturated rings. The highest BCUT2D eigenvalue weighted by Gasteiger charge is 2.06. The Morgan fingerprint density at radius 3 is 2.47 bits per heavy atom. The molecule has 0 aromatic heterocycles. The van der Waals surface area contributed by atoms with E-state index in [1.165, 1.54) is 12.1 Å². The van der Waals surface area contributed by atoms with E-state index >= 15 is 0 Å². The van der Waals surface area contributed by atoms with Crippen LogP contribution in [0, 0.1) is 0 Å². The predicted molar refractivity (Wildman–Crippen MR) is 65.3 cm³/mol. The number of aldehydes is 1. The molecule has 2 rings (SSSR count). The van der Waals surface area contributed by atoms with Crippen molar-refractivity contribution < 1.29 is 14.6 Å². The van der Waals surface area contributed by atoms with Gasteiger partial charge in [-0.05, 0) is 24.3 Å². The minimum Gasteiger partial charge on any atom is -0.508 e. The van der Waals surface area contributed by atoms with Crippen molar-refractivity contribution in [3.63, 3.8) is 0 Å². The Morgan fingerprint density at radius 1 is 1.00 bits per heavy atom. The van der Waals surface area contributed by atoms with E-state index in [0.29, 0.717) is 5.56 Å². The highest BCUT2D eigenvalue weighted by atomic mass is 16.4. The highest BCUT2D eigenvalue weighted by Crippen LogP contribution is 2.22. The third-order valence-corrected chi connectivity index (χ3v) is 2.33. The Balaban J connectivity index is 2.05. The van der Waals surface area contributed by atoms with Gasteiger partial charge in [-0.3, -0.25) is 4.42 Å². The Kier molecular flexibility index (Phi) is 3.40. The Morgan fingerprint density at radius 2 is 1.76 bits per heavy atom. The van der Waals surface area contributed by atoms with Crippen LogP contribution in [0.25, 0.3) is 0 Å². The maximum Gasteiger partial charge on any atom is 0.316 e. The fourth-order valence-electron chi connectivity index (χ4n) is 1.43. The van der Waals surface area contributed by atoms with E-state index in [1.54, 1.807) is 12.4 Å². The molecule has 3 nitrogen and oxygen atoms in total. The molecule has 0 aliphatic carbocycles. The van der Waals surface area contributed by atoms with Gasteiger partial charge in [0.05, 0.1) is 11.1 Å². The van der Waals surface area contributed by atoms with Crippen molar-refractivity contribution in [2.24, 2.45) is 0 Å². The van der Waals surface area contributed by atoms with Gasteiger partial charge in [0.15, 0.2) is 0 Å². The van der Waals surface area contributed by atoms with Gasteiger partial charge >= 0.3 is 6.29 Å². The second-order valence-electron chi connectivity index (χ2n) is 3.65. The van der Waals surface area contributed by atoms with Gasteiger partial charge in [0.25, 0.3) is 6.61 Å². The molecule has 0 amide bonds. The number of benzene rings is 2. The molecule has 0 saturated heterocycles. The van der Waals surface area contributed by atoms with Crippen LogP contribution in [0.15, 0.2) is 48.5 Å². The molecule has 0 saturated carbocycles. The van der Waals surface area contributed by atoms with E-state index in [0.717, 1.165) is 5.56 Å². The van der Waals surface area contributed by atoms with Crippen molar-refractivity contribution in [1.82, 2.24) is 0 Å². The van der Waals surface area contributed by atoms with Gasteiger partial charge in [0, 0.05) is 6.07 Å². The number of phenolic OH excluding ortho intramolecular Hbond substituents is 2. The fraction of sp³-hybridized carbons (Fsp3) is 0.0714. The Hall–Kier alpha value is -2.29. The molecule has 0 bridgehead atoms. The molecule has 3 heteroatoms. The van der Waals surface area contributed by atoms with Crippen LogP contribution in [-0.2, 0) is 6.61 Å². The van der Waals surface area contributed by atoms with Gasteiger partial charge in [-0.15, -0.1) is 0 Å². The zero-order valence-electron chi connectivity index (χ0n) is 9.21. The molecule has 86 valence electrons. The number of hydrogen-bond donors (Lipinski definition) is 2.